The van der Waals surface area contributed by atoms with Crippen molar-refractivity contribution in [1.82, 2.24) is 20.9 Å². The van der Waals surface area contributed by atoms with E-state index in [9.17, 15) is 29.1 Å². The molecule has 192 valence electrons. The summed E-state index contributed by atoms with van der Waals surface area (Å²) in [6, 6.07) is 6.11. The Labute approximate surface area is 204 Å². The number of hydrogen-bond acceptors (Lipinski definition) is 6. The van der Waals surface area contributed by atoms with Crippen LogP contribution < -0.4 is 21.7 Å². The summed E-state index contributed by atoms with van der Waals surface area (Å²) in [6.07, 6.45) is 1.82. The van der Waals surface area contributed by atoms with Gasteiger partial charge in [0, 0.05) is 13.0 Å². The first-order chi connectivity index (χ1) is 16.7. The van der Waals surface area contributed by atoms with Crippen LogP contribution in [0.25, 0.3) is 0 Å². The third kappa shape index (κ3) is 8.06. The number of carbonyl (C=O) groups is 5. The lowest BCUT2D eigenvalue weighted by molar-refractivity contribution is -0.141. The topological polar surface area (TPSA) is 171 Å². The summed E-state index contributed by atoms with van der Waals surface area (Å²) in [6.45, 7) is 3.45. The van der Waals surface area contributed by atoms with Gasteiger partial charge in [-0.25, -0.2) is 4.79 Å². The highest BCUT2D eigenvalue weighted by Crippen LogP contribution is 2.18. The molecule has 11 nitrogen and oxygen atoms in total. The fourth-order valence-electron chi connectivity index (χ4n) is 3.98. The van der Waals surface area contributed by atoms with Gasteiger partial charge < -0.3 is 31.7 Å². The number of nitrogens with zero attached hydrogens (tertiary/aromatic N) is 1. The molecule has 0 bridgehead atoms. The quantitative estimate of drug-likeness (QED) is 0.261. The van der Waals surface area contributed by atoms with E-state index in [1.165, 1.54) is 4.90 Å². The molecule has 1 fully saturated rings. The molecule has 1 aliphatic heterocycles. The summed E-state index contributed by atoms with van der Waals surface area (Å²) in [5.41, 5.74) is 6.18. The van der Waals surface area contributed by atoms with Gasteiger partial charge in [-0.15, -0.1) is 0 Å². The molecule has 0 aromatic heterocycles. The Bertz CT molecular complexity index is 909. The Morgan fingerprint density at radius 2 is 1.83 bits per heavy atom. The molecule has 0 spiro atoms. The number of amides is 4. The maximum Gasteiger partial charge on any atom is 0.326 e. The number of nitrogens with one attached hydrogen (secondary N) is 3. The van der Waals surface area contributed by atoms with Gasteiger partial charge in [0.15, 0.2) is 0 Å². The zero-order valence-electron chi connectivity index (χ0n) is 20.2. The van der Waals surface area contributed by atoms with Gasteiger partial charge in [-0.1, -0.05) is 50.6 Å². The lowest BCUT2D eigenvalue weighted by atomic mass is 9.97. The first-order valence-corrected chi connectivity index (χ1v) is 11.8. The van der Waals surface area contributed by atoms with Crippen LogP contribution in [0.1, 0.15) is 38.7 Å². The second-order valence-corrected chi connectivity index (χ2v) is 8.69. The zero-order valence-corrected chi connectivity index (χ0v) is 20.2. The summed E-state index contributed by atoms with van der Waals surface area (Å²) < 4.78 is 0. The minimum absolute atomic E-state index is 0.0980. The average Bonchev–Trinajstić information content (AvgIpc) is 3.35. The number of benzene rings is 1. The third-order valence-corrected chi connectivity index (χ3v) is 6.18. The number of rotatable bonds is 12. The van der Waals surface area contributed by atoms with Gasteiger partial charge in [-0.05, 0) is 24.3 Å². The Morgan fingerprint density at radius 3 is 2.43 bits per heavy atom. The van der Waals surface area contributed by atoms with Crippen molar-refractivity contribution in [2.24, 2.45) is 11.7 Å². The number of carbonyl (C=O) groups excluding carboxylic acids is 4. The molecule has 35 heavy (non-hydrogen) atoms. The molecular weight excluding hydrogens is 454 g/mol. The highest BCUT2D eigenvalue weighted by molar-refractivity contribution is 5.94. The van der Waals surface area contributed by atoms with E-state index in [0.717, 1.165) is 5.56 Å². The van der Waals surface area contributed by atoms with E-state index in [1.807, 2.05) is 6.92 Å². The minimum atomic E-state index is -1.19. The van der Waals surface area contributed by atoms with Gasteiger partial charge in [0.25, 0.3) is 0 Å². The molecule has 1 heterocycles. The van der Waals surface area contributed by atoms with Crippen LogP contribution in [0.5, 0.6) is 0 Å². The smallest absolute Gasteiger partial charge is 0.326 e. The largest absolute Gasteiger partial charge is 0.480 e. The molecule has 1 aliphatic rings. The third-order valence-electron chi connectivity index (χ3n) is 6.18. The van der Waals surface area contributed by atoms with Crippen molar-refractivity contribution in [1.29, 1.82) is 0 Å². The Morgan fingerprint density at radius 1 is 1.14 bits per heavy atom. The Balaban J connectivity index is 1.96. The van der Waals surface area contributed by atoms with Crippen molar-refractivity contribution < 1.29 is 29.1 Å². The molecule has 1 saturated heterocycles. The number of likely N-dealkylation sites (tertiary alicyclic amines) is 1. The van der Waals surface area contributed by atoms with Gasteiger partial charge >= 0.3 is 5.97 Å². The minimum Gasteiger partial charge on any atom is -0.480 e. The first-order valence-electron chi connectivity index (χ1n) is 11.8. The van der Waals surface area contributed by atoms with Crippen molar-refractivity contribution in [2.75, 3.05) is 19.6 Å². The van der Waals surface area contributed by atoms with Crippen LogP contribution in [0.2, 0.25) is 0 Å². The van der Waals surface area contributed by atoms with Crippen LogP contribution in [0.3, 0.4) is 0 Å². The molecule has 2 rings (SSSR count). The molecule has 0 saturated carbocycles. The fourth-order valence-corrected chi connectivity index (χ4v) is 3.98. The molecule has 6 N–H and O–H groups in total. The summed E-state index contributed by atoms with van der Waals surface area (Å²) in [5, 5.41) is 17.1. The van der Waals surface area contributed by atoms with Crippen LogP contribution in [-0.2, 0) is 30.4 Å². The van der Waals surface area contributed by atoms with E-state index in [0.29, 0.717) is 25.8 Å². The molecule has 1 aromatic rings. The Kier molecular flexibility index (Phi) is 10.7. The standard InChI is InChI=1S/C24H35N5O6/c1-3-15(2)21(28-22(32)18-10-7-11-29(18)20(31)13-25)23(33)26-14-19(30)27-17(24(34)35)12-16-8-5-4-6-9-16/h4-6,8-9,15,17-18,21H,3,7,10-14,25H2,1-2H3,(H,26,33)(H,27,30)(H,28,32)(H,34,35)/t15-,17-,18-,21-/m0/s1. The molecule has 4 atom stereocenters. The van der Waals surface area contributed by atoms with E-state index in [2.05, 4.69) is 16.0 Å². The maximum absolute atomic E-state index is 12.9. The number of carboxylic acid groups (broad SMARTS) is 1. The normalized spacial score (nSPS) is 17.7. The second kappa shape index (κ2) is 13.4. The lowest BCUT2D eigenvalue weighted by Crippen LogP contribution is -2.56. The number of aliphatic carboxylic acids is 1. The zero-order chi connectivity index (χ0) is 26.0. The van der Waals surface area contributed by atoms with Crippen LogP contribution in [0, 0.1) is 5.92 Å². The number of hydrogen-bond donors (Lipinski definition) is 5. The van der Waals surface area contributed by atoms with E-state index in [4.69, 9.17) is 5.73 Å². The van der Waals surface area contributed by atoms with Gasteiger partial charge in [0.05, 0.1) is 13.1 Å². The monoisotopic (exact) mass is 489 g/mol. The van der Waals surface area contributed by atoms with Crippen LogP contribution in [0.15, 0.2) is 30.3 Å². The number of nitrogens with two attached hydrogens (primary N) is 1. The summed E-state index contributed by atoms with van der Waals surface area (Å²) >= 11 is 0. The predicted molar refractivity (Wildman–Crippen MR) is 128 cm³/mol. The summed E-state index contributed by atoms with van der Waals surface area (Å²) in [5.74, 6) is -3.42. The molecular formula is C24H35N5O6. The van der Waals surface area contributed by atoms with E-state index in [1.54, 1.807) is 37.3 Å². The highest BCUT2D eigenvalue weighted by atomic mass is 16.4. The first kappa shape index (κ1) is 27.8. The van der Waals surface area contributed by atoms with E-state index < -0.39 is 48.4 Å². The van der Waals surface area contributed by atoms with Gasteiger partial charge in [-0.3, -0.25) is 19.2 Å². The van der Waals surface area contributed by atoms with Gasteiger partial charge in [-0.2, -0.15) is 0 Å². The van der Waals surface area contributed by atoms with Crippen LogP contribution in [-0.4, -0.2) is 77.4 Å². The lowest BCUT2D eigenvalue weighted by Gasteiger charge is -2.28. The maximum atomic E-state index is 12.9. The summed E-state index contributed by atoms with van der Waals surface area (Å²) in [7, 11) is 0. The highest BCUT2D eigenvalue weighted by Gasteiger charge is 2.36. The van der Waals surface area contributed by atoms with Crippen molar-refractivity contribution in [3.63, 3.8) is 0 Å². The summed E-state index contributed by atoms with van der Waals surface area (Å²) in [4.78, 5) is 63.1. The molecule has 1 aromatic carbocycles. The van der Waals surface area contributed by atoms with Gasteiger partial charge in [0.2, 0.25) is 23.6 Å². The molecule has 0 aliphatic carbocycles. The molecule has 0 radical (unpaired) electrons. The van der Waals surface area contributed by atoms with E-state index in [-0.39, 0.29) is 24.8 Å². The van der Waals surface area contributed by atoms with Crippen LogP contribution >= 0.6 is 0 Å². The van der Waals surface area contributed by atoms with Gasteiger partial charge in [0.1, 0.15) is 18.1 Å². The van der Waals surface area contributed by atoms with Crippen molar-refractivity contribution in [2.45, 2.75) is 57.7 Å². The van der Waals surface area contributed by atoms with Crippen molar-refractivity contribution in [3.8, 4) is 0 Å². The second-order valence-electron chi connectivity index (χ2n) is 8.69. The molecule has 0 unspecified atom stereocenters. The van der Waals surface area contributed by atoms with Crippen LogP contribution in [0.4, 0.5) is 0 Å². The fraction of sp³-hybridized carbons (Fsp3) is 0.542. The molecule has 11 heteroatoms. The predicted octanol–water partition coefficient (Wildman–Crippen LogP) is -0.605. The van der Waals surface area contributed by atoms with E-state index >= 15 is 0 Å². The average molecular weight is 490 g/mol. The Hall–Kier alpha value is -3.47. The number of carboxylic acids is 1. The SMILES string of the molecule is CC[C@H](C)[C@H](NC(=O)[C@@H]1CCCN1C(=O)CN)C(=O)NCC(=O)N[C@@H](Cc1ccccc1)C(=O)O. The van der Waals surface area contributed by atoms with Crippen molar-refractivity contribution in [3.05, 3.63) is 35.9 Å². The molecule has 4 amide bonds. The van der Waals surface area contributed by atoms with Crippen molar-refractivity contribution >= 4 is 29.6 Å².